The molecule has 0 saturated carbocycles. The lowest BCUT2D eigenvalue weighted by Crippen LogP contribution is -2.44. The fourth-order valence-electron chi connectivity index (χ4n) is 2.83. The third-order valence-electron chi connectivity index (χ3n) is 4.49. The van der Waals surface area contributed by atoms with Crippen LogP contribution in [-0.4, -0.2) is 42.2 Å². The Morgan fingerprint density at radius 2 is 2.12 bits per heavy atom. The zero-order valence-electron chi connectivity index (χ0n) is 14.1. The Morgan fingerprint density at radius 1 is 1.38 bits per heavy atom. The topological polar surface area (TPSA) is 65.4 Å². The van der Waals surface area contributed by atoms with Crippen LogP contribution in [0.4, 0.5) is 14.5 Å². The SMILES string of the molecule is COC1(CNc2cnn(-c3ccc(F)cc3F)c(=O)c2Cl)CCOCC1. The molecule has 0 unspecified atom stereocenters. The van der Waals surface area contributed by atoms with E-state index in [9.17, 15) is 13.6 Å². The molecule has 1 aromatic heterocycles. The van der Waals surface area contributed by atoms with Crippen molar-refractivity contribution in [3.05, 3.63) is 51.4 Å². The molecule has 0 radical (unpaired) electrons. The molecule has 0 aliphatic carbocycles. The maximum Gasteiger partial charge on any atom is 0.292 e. The van der Waals surface area contributed by atoms with E-state index in [-0.39, 0.29) is 10.7 Å². The van der Waals surface area contributed by atoms with Gasteiger partial charge in [0.1, 0.15) is 16.5 Å². The second kappa shape index (κ2) is 7.69. The first kappa shape index (κ1) is 18.8. The molecule has 9 heteroatoms. The van der Waals surface area contributed by atoms with Gasteiger partial charge in [-0.1, -0.05) is 11.6 Å². The van der Waals surface area contributed by atoms with E-state index in [1.807, 2.05) is 0 Å². The van der Waals surface area contributed by atoms with Crippen LogP contribution >= 0.6 is 11.6 Å². The first-order valence-corrected chi connectivity index (χ1v) is 8.44. The summed E-state index contributed by atoms with van der Waals surface area (Å²) >= 11 is 6.14. The molecule has 1 aromatic carbocycles. The summed E-state index contributed by atoms with van der Waals surface area (Å²) < 4.78 is 38.7. The average Bonchev–Trinajstić information content (AvgIpc) is 2.64. The Kier molecular flexibility index (Phi) is 5.55. The fraction of sp³-hybridized carbons (Fsp3) is 0.412. The number of hydrogen-bond donors (Lipinski definition) is 1. The number of anilines is 1. The summed E-state index contributed by atoms with van der Waals surface area (Å²) in [6, 6.07) is 2.85. The molecule has 1 N–H and O–H groups in total. The van der Waals surface area contributed by atoms with Crippen LogP contribution in [0.5, 0.6) is 0 Å². The minimum atomic E-state index is -0.906. The van der Waals surface area contributed by atoms with Crippen LogP contribution in [0.15, 0.2) is 29.2 Å². The number of halogens is 3. The Balaban J connectivity index is 1.84. The lowest BCUT2D eigenvalue weighted by molar-refractivity contribution is -0.0807. The van der Waals surface area contributed by atoms with E-state index in [4.69, 9.17) is 21.1 Å². The number of benzene rings is 1. The second-order valence-corrected chi connectivity index (χ2v) is 6.42. The van der Waals surface area contributed by atoms with Crippen molar-refractivity contribution in [3.63, 3.8) is 0 Å². The van der Waals surface area contributed by atoms with Crippen molar-refractivity contribution in [1.82, 2.24) is 9.78 Å². The molecule has 2 heterocycles. The molecule has 0 amide bonds. The molecule has 1 aliphatic heterocycles. The molecule has 1 saturated heterocycles. The normalized spacial score (nSPS) is 16.5. The van der Waals surface area contributed by atoms with E-state index in [2.05, 4.69) is 10.4 Å². The predicted octanol–water partition coefficient (Wildman–Crippen LogP) is 2.77. The molecule has 6 nitrogen and oxygen atoms in total. The molecule has 0 atom stereocenters. The van der Waals surface area contributed by atoms with E-state index < -0.39 is 22.8 Å². The van der Waals surface area contributed by atoms with E-state index in [1.54, 1.807) is 7.11 Å². The van der Waals surface area contributed by atoms with Gasteiger partial charge in [-0.2, -0.15) is 9.78 Å². The quantitative estimate of drug-likeness (QED) is 0.857. The van der Waals surface area contributed by atoms with Crippen molar-refractivity contribution in [2.75, 3.05) is 32.2 Å². The molecule has 26 heavy (non-hydrogen) atoms. The van der Waals surface area contributed by atoms with Crippen LogP contribution < -0.4 is 10.9 Å². The number of ether oxygens (including phenoxy) is 2. The first-order valence-electron chi connectivity index (χ1n) is 8.06. The van der Waals surface area contributed by atoms with Gasteiger partial charge in [-0.05, 0) is 12.1 Å². The van der Waals surface area contributed by atoms with Crippen LogP contribution in [0.25, 0.3) is 5.69 Å². The summed E-state index contributed by atoms with van der Waals surface area (Å²) in [7, 11) is 1.63. The maximum absolute atomic E-state index is 13.9. The van der Waals surface area contributed by atoms with E-state index >= 15 is 0 Å². The van der Waals surface area contributed by atoms with Gasteiger partial charge in [-0.25, -0.2) is 8.78 Å². The zero-order valence-corrected chi connectivity index (χ0v) is 14.9. The number of rotatable bonds is 5. The monoisotopic (exact) mass is 385 g/mol. The Morgan fingerprint density at radius 3 is 2.77 bits per heavy atom. The summed E-state index contributed by atoms with van der Waals surface area (Å²) in [5, 5.41) is 6.88. The number of aromatic nitrogens is 2. The van der Waals surface area contributed by atoms with Gasteiger partial charge in [0.2, 0.25) is 0 Å². The largest absolute Gasteiger partial charge is 0.381 e. The highest BCUT2D eigenvalue weighted by atomic mass is 35.5. The highest BCUT2D eigenvalue weighted by Gasteiger charge is 2.32. The third-order valence-corrected chi connectivity index (χ3v) is 4.86. The fourth-order valence-corrected chi connectivity index (χ4v) is 3.03. The van der Waals surface area contributed by atoms with Gasteiger partial charge in [0.25, 0.3) is 5.56 Å². The van der Waals surface area contributed by atoms with E-state index in [0.717, 1.165) is 16.8 Å². The molecule has 1 aliphatic rings. The summed E-state index contributed by atoms with van der Waals surface area (Å²) in [6.45, 7) is 1.60. The van der Waals surface area contributed by atoms with Crippen LogP contribution in [0, 0.1) is 11.6 Å². The van der Waals surface area contributed by atoms with Gasteiger partial charge in [0.15, 0.2) is 5.82 Å². The summed E-state index contributed by atoms with van der Waals surface area (Å²) in [6.07, 6.45) is 2.74. The smallest absolute Gasteiger partial charge is 0.292 e. The van der Waals surface area contributed by atoms with Crippen molar-refractivity contribution in [1.29, 1.82) is 0 Å². The zero-order chi connectivity index (χ0) is 18.7. The lowest BCUT2D eigenvalue weighted by Gasteiger charge is -2.36. The van der Waals surface area contributed by atoms with Gasteiger partial charge in [-0.15, -0.1) is 0 Å². The first-order chi connectivity index (χ1) is 12.5. The summed E-state index contributed by atoms with van der Waals surface area (Å²) in [5.41, 5.74) is -0.985. The maximum atomic E-state index is 13.9. The van der Waals surface area contributed by atoms with Crippen molar-refractivity contribution >= 4 is 17.3 Å². The molecule has 140 valence electrons. The van der Waals surface area contributed by atoms with Crippen LogP contribution in [-0.2, 0) is 9.47 Å². The molecular weight excluding hydrogens is 368 g/mol. The van der Waals surface area contributed by atoms with Gasteiger partial charge in [-0.3, -0.25) is 4.79 Å². The van der Waals surface area contributed by atoms with Crippen LogP contribution in [0.3, 0.4) is 0 Å². The molecule has 3 rings (SSSR count). The number of methoxy groups -OCH3 is 1. The lowest BCUT2D eigenvalue weighted by atomic mass is 9.94. The van der Waals surface area contributed by atoms with Crippen molar-refractivity contribution in [3.8, 4) is 5.69 Å². The Hall–Kier alpha value is -2.03. The molecule has 0 spiro atoms. The predicted molar refractivity (Wildman–Crippen MR) is 93.0 cm³/mol. The van der Waals surface area contributed by atoms with Crippen LogP contribution in [0.2, 0.25) is 5.02 Å². The van der Waals surface area contributed by atoms with Gasteiger partial charge in [0.05, 0.1) is 17.5 Å². The highest BCUT2D eigenvalue weighted by molar-refractivity contribution is 6.32. The highest BCUT2D eigenvalue weighted by Crippen LogP contribution is 2.26. The number of hydrogen-bond acceptors (Lipinski definition) is 5. The summed E-state index contributed by atoms with van der Waals surface area (Å²) in [5.74, 6) is -1.65. The molecule has 1 fully saturated rings. The Bertz CT molecular complexity index is 854. The van der Waals surface area contributed by atoms with Crippen LogP contribution in [0.1, 0.15) is 12.8 Å². The number of nitrogens with one attached hydrogen (secondary N) is 1. The van der Waals surface area contributed by atoms with Crippen molar-refractivity contribution < 1.29 is 18.3 Å². The molecule has 2 aromatic rings. The van der Waals surface area contributed by atoms with E-state index in [1.165, 1.54) is 6.20 Å². The second-order valence-electron chi connectivity index (χ2n) is 6.04. The van der Waals surface area contributed by atoms with Gasteiger partial charge >= 0.3 is 0 Å². The third kappa shape index (κ3) is 3.72. The van der Waals surface area contributed by atoms with E-state index in [0.29, 0.717) is 44.4 Å². The van der Waals surface area contributed by atoms with Crippen molar-refractivity contribution in [2.45, 2.75) is 18.4 Å². The summed E-state index contributed by atoms with van der Waals surface area (Å²) in [4.78, 5) is 12.4. The Labute approximate surface area is 153 Å². The van der Waals surface area contributed by atoms with Gasteiger partial charge < -0.3 is 14.8 Å². The standard InChI is InChI=1S/C17H18ClF2N3O3/c1-25-17(4-6-26-7-5-17)10-21-13-9-22-23(16(24)15(13)18)14-3-2-11(19)8-12(14)20/h2-3,8-9,21H,4-7,10H2,1H3. The molecule has 0 bridgehead atoms. The minimum Gasteiger partial charge on any atom is -0.381 e. The minimum absolute atomic E-state index is 0.137. The van der Waals surface area contributed by atoms with Gasteiger partial charge in [0, 0.05) is 45.8 Å². The van der Waals surface area contributed by atoms with Crippen molar-refractivity contribution in [2.24, 2.45) is 0 Å². The number of nitrogens with zero attached hydrogens (tertiary/aromatic N) is 2. The molecular formula is C17H18ClF2N3O3. The average molecular weight is 386 g/mol.